The number of hydrogen-bond acceptors (Lipinski definition) is 2. The summed E-state index contributed by atoms with van der Waals surface area (Å²) in [6.45, 7) is 1.84. The number of anilines is 1. The molecule has 3 nitrogen and oxygen atoms in total. The van der Waals surface area contributed by atoms with Crippen molar-refractivity contribution in [2.45, 2.75) is 6.92 Å². The molecular weight excluding hydrogens is 351 g/mol. The van der Waals surface area contributed by atoms with Crippen LogP contribution < -0.4 is 5.32 Å². The largest absolute Gasteiger partial charge is 0.319 e. The van der Waals surface area contributed by atoms with Crippen LogP contribution in [0.25, 0.3) is 0 Å². The SMILES string of the molecule is Cc1ccnc(Cl)c1NC(=O)c1ccc(Br)c(Cl)c1. The van der Waals surface area contributed by atoms with Crippen LogP contribution >= 0.6 is 39.1 Å². The van der Waals surface area contributed by atoms with Gasteiger partial charge in [-0.1, -0.05) is 23.2 Å². The van der Waals surface area contributed by atoms with Gasteiger partial charge in [-0.15, -0.1) is 0 Å². The van der Waals surface area contributed by atoms with Crippen LogP contribution in [0.5, 0.6) is 0 Å². The van der Waals surface area contributed by atoms with E-state index in [1.54, 1.807) is 30.5 Å². The van der Waals surface area contributed by atoms with Gasteiger partial charge in [-0.05, 0) is 52.7 Å². The van der Waals surface area contributed by atoms with Gasteiger partial charge >= 0.3 is 0 Å². The van der Waals surface area contributed by atoms with Crippen molar-refractivity contribution in [3.8, 4) is 0 Å². The van der Waals surface area contributed by atoms with E-state index in [1.807, 2.05) is 6.92 Å². The van der Waals surface area contributed by atoms with Gasteiger partial charge in [-0.3, -0.25) is 4.79 Å². The zero-order valence-electron chi connectivity index (χ0n) is 9.88. The number of halogens is 3. The highest BCUT2D eigenvalue weighted by Crippen LogP contribution is 2.26. The second-order valence-electron chi connectivity index (χ2n) is 3.88. The molecule has 1 N–H and O–H groups in total. The zero-order valence-corrected chi connectivity index (χ0v) is 13.0. The molecule has 0 radical (unpaired) electrons. The van der Waals surface area contributed by atoms with Crippen LogP contribution in [-0.2, 0) is 0 Å². The van der Waals surface area contributed by atoms with E-state index in [0.29, 0.717) is 16.3 Å². The summed E-state index contributed by atoms with van der Waals surface area (Å²) in [5, 5.41) is 3.47. The smallest absolute Gasteiger partial charge is 0.255 e. The first-order chi connectivity index (χ1) is 8.99. The first-order valence-corrected chi connectivity index (χ1v) is 6.91. The van der Waals surface area contributed by atoms with E-state index in [1.165, 1.54) is 0 Å². The molecule has 1 amide bonds. The molecule has 0 saturated carbocycles. The van der Waals surface area contributed by atoms with Crippen molar-refractivity contribution in [3.63, 3.8) is 0 Å². The lowest BCUT2D eigenvalue weighted by molar-refractivity contribution is 0.102. The van der Waals surface area contributed by atoms with Crippen molar-refractivity contribution in [3.05, 3.63) is 56.2 Å². The second-order valence-corrected chi connectivity index (χ2v) is 5.50. The molecule has 0 saturated heterocycles. The van der Waals surface area contributed by atoms with E-state index in [9.17, 15) is 4.79 Å². The molecule has 2 rings (SSSR count). The van der Waals surface area contributed by atoms with Crippen LogP contribution in [0.2, 0.25) is 10.2 Å². The quantitative estimate of drug-likeness (QED) is 0.789. The maximum Gasteiger partial charge on any atom is 0.255 e. The first kappa shape index (κ1) is 14.3. The number of nitrogens with zero attached hydrogens (tertiary/aromatic N) is 1. The third kappa shape index (κ3) is 3.26. The Morgan fingerprint density at radius 1 is 1.32 bits per heavy atom. The summed E-state index contributed by atoms with van der Waals surface area (Å²) in [6, 6.07) is 6.75. The fourth-order valence-electron chi connectivity index (χ4n) is 1.50. The van der Waals surface area contributed by atoms with Gasteiger partial charge in [0.1, 0.15) is 0 Å². The first-order valence-electron chi connectivity index (χ1n) is 5.36. The van der Waals surface area contributed by atoms with Crippen LogP contribution in [-0.4, -0.2) is 10.9 Å². The summed E-state index contributed by atoms with van der Waals surface area (Å²) in [4.78, 5) is 16.0. The van der Waals surface area contributed by atoms with Crippen molar-refractivity contribution in [2.24, 2.45) is 0 Å². The molecule has 1 aromatic heterocycles. The van der Waals surface area contributed by atoms with Crippen LogP contribution in [0, 0.1) is 6.92 Å². The Hall–Kier alpha value is -1.10. The van der Waals surface area contributed by atoms with Crippen LogP contribution in [0.1, 0.15) is 15.9 Å². The van der Waals surface area contributed by atoms with Gasteiger partial charge in [-0.2, -0.15) is 0 Å². The number of aromatic nitrogens is 1. The topological polar surface area (TPSA) is 42.0 Å². The number of nitrogens with one attached hydrogen (secondary N) is 1. The Bertz CT molecular complexity index is 626. The number of rotatable bonds is 2. The van der Waals surface area contributed by atoms with Gasteiger partial charge in [0.25, 0.3) is 5.91 Å². The molecule has 0 fully saturated rings. The van der Waals surface area contributed by atoms with Crippen molar-refractivity contribution in [2.75, 3.05) is 5.32 Å². The molecule has 0 atom stereocenters. The van der Waals surface area contributed by atoms with Gasteiger partial charge in [-0.25, -0.2) is 4.98 Å². The minimum absolute atomic E-state index is 0.261. The summed E-state index contributed by atoms with van der Waals surface area (Å²) in [7, 11) is 0. The molecule has 2 aromatic rings. The van der Waals surface area contributed by atoms with Crippen LogP contribution in [0.3, 0.4) is 0 Å². The minimum Gasteiger partial charge on any atom is -0.319 e. The van der Waals surface area contributed by atoms with E-state index < -0.39 is 0 Å². The molecule has 1 heterocycles. The summed E-state index contributed by atoms with van der Waals surface area (Å²) in [5.74, 6) is -0.285. The van der Waals surface area contributed by atoms with Gasteiger partial charge in [0, 0.05) is 16.2 Å². The molecule has 0 aliphatic rings. The lowest BCUT2D eigenvalue weighted by Gasteiger charge is -2.09. The maximum atomic E-state index is 12.1. The molecule has 98 valence electrons. The minimum atomic E-state index is -0.285. The van der Waals surface area contributed by atoms with E-state index in [-0.39, 0.29) is 11.1 Å². The van der Waals surface area contributed by atoms with Crippen molar-refractivity contribution in [1.82, 2.24) is 4.98 Å². The van der Waals surface area contributed by atoms with Crippen molar-refractivity contribution in [1.29, 1.82) is 0 Å². The molecule has 0 spiro atoms. The van der Waals surface area contributed by atoms with Crippen LogP contribution in [0.4, 0.5) is 5.69 Å². The number of benzene rings is 1. The van der Waals surface area contributed by atoms with Crippen molar-refractivity contribution >= 4 is 50.7 Å². The number of carbonyl (C=O) groups excluding carboxylic acids is 1. The third-order valence-corrected chi connectivity index (χ3v) is 4.05. The number of aryl methyl sites for hydroxylation is 1. The number of amides is 1. The average Bonchev–Trinajstić information content (AvgIpc) is 2.37. The molecule has 0 unspecified atom stereocenters. The Balaban J connectivity index is 2.28. The van der Waals surface area contributed by atoms with Gasteiger partial charge < -0.3 is 5.32 Å². The Morgan fingerprint density at radius 2 is 2.05 bits per heavy atom. The highest BCUT2D eigenvalue weighted by molar-refractivity contribution is 9.10. The molecule has 0 aliphatic heterocycles. The van der Waals surface area contributed by atoms with Gasteiger partial charge in [0.2, 0.25) is 0 Å². The second kappa shape index (κ2) is 5.90. The summed E-state index contributed by atoms with van der Waals surface area (Å²) < 4.78 is 0.737. The highest BCUT2D eigenvalue weighted by Gasteiger charge is 2.12. The fourth-order valence-corrected chi connectivity index (χ4v) is 2.18. The van der Waals surface area contributed by atoms with Crippen LogP contribution in [0.15, 0.2) is 34.9 Å². The maximum absolute atomic E-state index is 12.1. The fraction of sp³-hybridized carbons (Fsp3) is 0.0769. The summed E-state index contributed by atoms with van der Waals surface area (Å²) >= 11 is 15.2. The standard InChI is InChI=1S/C13H9BrCl2N2O/c1-7-4-5-17-12(16)11(7)18-13(19)8-2-3-9(14)10(15)6-8/h2-6H,1H3,(H,18,19). The van der Waals surface area contributed by atoms with Gasteiger partial charge in [0.05, 0.1) is 10.7 Å². The summed E-state index contributed by atoms with van der Waals surface area (Å²) in [6.07, 6.45) is 1.59. The van der Waals surface area contributed by atoms with E-state index >= 15 is 0 Å². The third-order valence-electron chi connectivity index (χ3n) is 2.53. The lowest BCUT2D eigenvalue weighted by Crippen LogP contribution is -2.13. The van der Waals surface area contributed by atoms with E-state index in [4.69, 9.17) is 23.2 Å². The van der Waals surface area contributed by atoms with Gasteiger partial charge in [0.15, 0.2) is 5.15 Å². The summed E-state index contributed by atoms with van der Waals surface area (Å²) in [5.41, 5.74) is 1.80. The number of carbonyl (C=O) groups is 1. The van der Waals surface area contributed by atoms with E-state index in [2.05, 4.69) is 26.2 Å². The zero-order chi connectivity index (χ0) is 14.0. The molecular formula is C13H9BrCl2N2O. The Kier molecular flexibility index (Phi) is 4.45. The Morgan fingerprint density at radius 3 is 2.68 bits per heavy atom. The molecule has 6 heteroatoms. The monoisotopic (exact) mass is 358 g/mol. The molecule has 19 heavy (non-hydrogen) atoms. The Labute approximate surface area is 129 Å². The van der Waals surface area contributed by atoms with Crippen molar-refractivity contribution < 1.29 is 4.79 Å². The highest BCUT2D eigenvalue weighted by atomic mass is 79.9. The predicted octanol–water partition coefficient (Wildman–Crippen LogP) is 4.71. The van der Waals surface area contributed by atoms with E-state index in [0.717, 1.165) is 10.0 Å². The number of hydrogen-bond donors (Lipinski definition) is 1. The number of pyridine rings is 1. The molecule has 1 aromatic carbocycles. The normalized spacial score (nSPS) is 10.3. The average molecular weight is 360 g/mol. The molecule has 0 bridgehead atoms. The molecule has 0 aliphatic carbocycles. The predicted molar refractivity (Wildman–Crippen MR) is 81.1 cm³/mol. The lowest BCUT2D eigenvalue weighted by atomic mass is 10.2.